The van der Waals surface area contributed by atoms with Crippen LogP contribution in [-0.4, -0.2) is 73.5 Å². The molecule has 2 atom stereocenters. The molecule has 0 aromatic carbocycles. The van der Waals surface area contributed by atoms with Crippen molar-refractivity contribution >= 4 is 35.8 Å². The Morgan fingerprint density at radius 1 is 1.23 bits per heavy atom. The molecule has 6 nitrogen and oxygen atoms in total. The van der Waals surface area contributed by atoms with E-state index in [1.165, 1.54) is 32.4 Å². The van der Waals surface area contributed by atoms with Crippen molar-refractivity contribution in [2.75, 3.05) is 39.8 Å². The van der Waals surface area contributed by atoms with Crippen LogP contribution in [0.25, 0.3) is 0 Å². The van der Waals surface area contributed by atoms with E-state index in [9.17, 15) is 4.79 Å². The van der Waals surface area contributed by atoms with Gasteiger partial charge >= 0.3 is 0 Å². The van der Waals surface area contributed by atoms with Gasteiger partial charge in [-0.05, 0) is 44.7 Å². The van der Waals surface area contributed by atoms with Crippen LogP contribution in [0.1, 0.15) is 52.9 Å². The van der Waals surface area contributed by atoms with Crippen molar-refractivity contribution in [3.05, 3.63) is 0 Å². The van der Waals surface area contributed by atoms with Crippen molar-refractivity contribution < 1.29 is 4.79 Å². The van der Waals surface area contributed by atoms with E-state index in [2.05, 4.69) is 34.4 Å². The minimum Gasteiger partial charge on any atom is -0.355 e. The minimum atomic E-state index is 0. The second-order valence-corrected chi connectivity index (χ2v) is 7.80. The molecular weight excluding hydrogens is 441 g/mol. The summed E-state index contributed by atoms with van der Waals surface area (Å²) in [7, 11) is 1.83. The van der Waals surface area contributed by atoms with E-state index in [1.54, 1.807) is 0 Å². The monoisotopic (exact) mass is 479 g/mol. The van der Waals surface area contributed by atoms with E-state index < -0.39 is 0 Å². The first-order valence-electron chi connectivity index (χ1n) is 10.0. The largest absolute Gasteiger partial charge is 0.355 e. The molecule has 26 heavy (non-hydrogen) atoms. The lowest BCUT2D eigenvalue weighted by Gasteiger charge is -2.30. The first-order chi connectivity index (χ1) is 12.0. The molecule has 7 heteroatoms. The average molecular weight is 479 g/mol. The van der Waals surface area contributed by atoms with Gasteiger partial charge in [-0.25, -0.2) is 0 Å². The summed E-state index contributed by atoms with van der Waals surface area (Å²) in [6, 6.07) is 0.875. The molecule has 1 amide bonds. The molecule has 2 fully saturated rings. The highest BCUT2D eigenvalue weighted by atomic mass is 127. The number of carbonyl (C=O) groups is 1. The molecule has 2 aliphatic heterocycles. The number of likely N-dealkylation sites (tertiary alicyclic amines) is 2. The number of halogens is 1. The zero-order valence-electron chi connectivity index (χ0n) is 17.0. The molecule has 2 N–H and O–H groups in total. The van der Waals surface area contributed by atoms with Crippen molar-refractivity contribution in [2.45, 2.75) is 65.0 Å². The third-order valence-electron chi connectivity index (χ3n) is 5.31. The first-order valence-corrected chi connectivity index (χ1v) is 10.0. The van der Waals surface area contributed by atoms with Gasteiger partial charge in [0.2, 0.25) is 5.91 Å². The Morgan fingerprint density at radius 2 is 1.92 bits per heavy atom. The summed E-state index contributed by atoms with van der Waals surface area (Å²) in [6.45, 7) is 11.5. The fourth-order valence-electron chi connectivity index (χ4n) is 3.94. The maximum atomic E-state index is 11.8. The number of nitrogens with zero attached hydrogens (tertiary/aromatic N) is 3. The third kappa shape index (κ3) is 7.21. The van der Waals surface area contributed by atoms with E-state index in [0.717, 1.165) is 32.0 Å². The molecule has 0 aromatic heterocycles. The summed E-state index contributed by atoms with van der Waals surface area (Å²) in [6.07, 6.45) is 5.45. The molecule has 2 saturated heterocycles. The number of hydrogen-bond donors (Lipinski definition) is 2. The molecule has 0 bridgehead atoms. The minimum absolute atomic E-state index is 0. The van der Waals surface area contributed by atoms with Crippen LogP contribution in [0, 0.1) is 5.92 Å². The van der Waals surface area contributed by atoms with Crippen molar-refractivity contribution in [2.24, 2.45) is 10.9 Å². The van der Waals surface area contributed by atoms with E-state index in [-0.39, 0.29) is 29.9 Å². The van der Waals surface area contributed by atoms with E-state index >= 15 is 0 Å². The molecule has 0 saturated carbocycles. The van der Waals surface area contributed by atoms with Gasteiger partial charge in [0.1, 0.15) is 0 Å². The van der Waals surface area contributed by atoms with Gasteiger partial charge in [-0.1, -0.05) is 20.8 Å². The molecule has 2 aliphatic rings. The third-order valence-corrected chi connectivity index (χ3v) is 5.31. The van der Waals surface area contributed by atoms with Crippen molar-refractivity contribution in [1.82, 2.24) is 20.4 Å². The maximum Gasteiger partial charge on any atom is 0.222 e. The van der Waals surface area contributed by atoms with Crippen LogP contribution in [0.5, 0.6) is 0 Å². The normalized spacial score (nSPS) is 22.4. The van der Waals surface area contributed by atoms with Crippen LogP contribution >= 0.6 is 24.0 Å². The number of carbonyl (C=O) groups excluding carboxylic acids is 1. The van der Waals surface area contributed by atoms with Crippen LogP contribution in [0.15, 0.2) is 4.99 Å². The van der Waals surface area contributed by atoms with E-state index in [4.69, 9.17) is 0 Å². The predicted molar refractivity (Wildman–Crippen MR) is 119 cm³/mol. The summed E-state index contributed by atoms with van der Waals surface area (Å²) < 4.78 is 0. The Balaban J connectivity index is 0.00000338. The molecule has 0 radical (unpaired) electrons. The highest BCUT2D eigenvalue weighted by Crippen LogP contribution is 2.17. The van der Waals surface area contributed by atoms with Gasteiger partial charge in [-0.2, -0.15) is 0 Å². The van der Waals surface area contributed by atoms with Crippen LogP contribution in [0.3, 0.4) is 0 Å². The molecule has 152 valence electrons. The molecule has 0 aromatic rings. The lowest BCUT2D eigenvalue weighted by molar-refractivity contribution is -0.129. The number of aliphatic imine (C=N–C) groups is 1. The van der Waals surface area contributed by atoms with Gasteiger partial charge in [0.15, 0.2) is 5.96 Å². The standard InChI is InChI=1S/C19H37N5O.HI/c1-5-18(25)24-11-8-16(14-24)22-19(20-4)21-13-17(12-15(2)3)23-9-6-7-10-23;/h15-17H,5-14H2,1-4H3,(H2,20,21,22);1H. The SMILES string of the molecule is CCC(=O)N1CCC(NC(=NC)NCC(CC(C)C)N2CCCC2)C1.I. The van der Waals surface area contributed by atoms with Gasteiger partial charge in [-0.15, -0.1) is 24.0 Å². The van der Waals surface area contributed by atoms with Crippen molar-refractivity contribution in [3.63, 3.8) is 0 Å². The summed E-state index contributed by atoms with van der Waals surface area (Å²) in [5, 5.41) is 7.03. The van der Waals surface area contributed by atoms with Gasteiger partial charge in [0, 0.05) is 45.2 Å². The molecular formula is C19H38IN5O. The summed E-state index contributed by atoms with van der Waals surface area (Å²) >= 11 is 0. The molecule has 2 rings (SSSR count). The van der Waals surface area contributed by atoms with Crippen molar-refractivity contribution in [3.8, 4) is 0 Å². The van der Waals surface area contributed by atoms with E-state index in [1.807, 2.05) is 18.9 Å². The van der Waals surface area contributed by atoms with Gasteiger partial charge in [0.05, 0.1) is 0 Å². The van der Waals surface area contributed by atoms with E-state index in [0.29, 0.717) is 24.4 Å². The van der Waals surface area contributed by atoms with Crippen molar-refractivity contribution in [1.29, 1.82) is 0 Å². The van der Waals surface area contributed by atoms with Gasteiger partial charge < -0.3 is 15.5 Å². The zero-order valence-corrected chi connectivity index (χ0v) is 19.3. The van der Waals surface area contributed by atoms with Gasteiger partial charge in [0.25, 0.3) is 0 Å². The summed E-state index contributed by atoms with van der Waals surface area (Å²) in [4.78, 5) is 20.8. The average Bonchev–Trinajstić information content (AvgIpc) is 3.27. The smallest absolute Gasteiger partial charge is 0.222 e. The zero-order chi connectivity index (χ0) is 18.2. The summed E-state index contributed by atoms with van der Waals surface area (Å²) in [5.41, 5.74) is 0. The highest BCUT2D eigenvalue weighted by Gasteiger charge is 2.27. The Kier molecular flexibility index (Phi) is 10.8. The van der Waals surface area contributed by atoms with Gasteiger partial charge in [-0.3, -0.25) is 14.7 Å². The quantitative estimate of drug-likeness (QED) is 0.334. The molecule has 0 spiro atoms. The highest BCUT2D eigenvalue weighted by molar-refractivity contribution is 14.0. The predicted octanol–water partition coefficient (Wildman–Crippen LogP) is 2.29. The lowest BCUT2D eigenvalue weighted by atomic mass is 10.0. The topological polar surface area (TPSA) is 60.0 Å². The second kappa shape index (κ2) is 12.0. The second-order valence-electron chi connectivity index (χ2n) is 7.80. The Labute approximate surface area is 176 Å². The Morgan fingerprint density at radius 3 is 2.50 bits per heavy atom. The molecule has 2 heterocycles. The number of guanidine groups is 1. The van der Waals surface area contributed by atoms with Crippen LogP contribution in [0.2, 0.25) is 0 Å². The number of amides is 1. The van der Waals surface area contributed by atoms with Crippen LogP contribution in [0.4, 0.5) is 0 Å². The number of hydrogen-bond acceptors (Lipinski definition) is 3. The molecule has 0 aliphatic carbocycles. The number of rotatable bonds is 7. The number of nitrogens with one attached hydrogen (secondary N) is 2. The fourth-order valence-corrected chi connectivity index (χ4v) is 3.94. The van der Waals surface area contributed by atoms with Crippen LogP contribution in [-0.2, 0) is 4.79 Å². The lowest BCUT2D eigenvalue weighted by Crippen LogP contribution is -2.49. The molecule has 2 unspecified atom stereocenters. The Hall–Kier alpha value is -0.570. The maximum absolute atomic E-state index is 11.8. The fraction of sp³-hybridized carbons (Fsp3) is 0.895. The first kappa shape index (κ1) is 23.5. The van der Waals surface area contributed by atoms with Crippen LogP contribution < -0.4 is 10.6 Å². The Bertz CT molecular complexity index is 451. The summed E-state index contributed by atoms with van der Waals surface area (Å²) in [5.74, 6) is 1.81.